The maximum atomic E-state index is 10.9. The molecule has 1 atom stereocenters. The van der Waals surface area contributed by atoms with Crippen molar-refractivity contribution < 1.29 is 9.90 Å². The number of carbonyl (C=O) groups is 1. The highest BCUT2D eigenvalue weighted by atomic mass is 16.4. The number of aliphatic carboxylic acids is 1. The zero-order valence-corrected chi connectivity index (χ0v) is 9.17. The summed E-state index contributed by atoms with van der Waals surface area (Å²) in [5.74, 6) is -0.762. The van der Waals surface area contributed by atoms with E-state index in [-0.39, 0.29) is 12.5 Å². The van der Waals surface area contributed by atoms with Crippen LogP contribution in [0.4, 0.5) is 0 Å². The third kappa shape index (κ3) is 2.58. The number of pyridine rings is 1. The van der Waals surface area contributed by atoms with E-state index in [1.54, 1.807) is 6.20 Å². The first-order valence-corrected chi connectivity index (χ1v) is 5.64. The average Bonchev–Trinajstić information content (AvgIpc) is 2.80. The molecule has 0 bridgehead atoms. The third-order valence-corrected chi connectivity index (χ3v) is 2.98. The highest BCUT2D eigenvalue weighted by Gasteiger charge is 2.26. The predicted molar refractivity (Wildman–Crippen MR) is 60.0 cm³/mol. The summed E-state index contributed by atoms with van der Waals surface area (Å²) in [5.41, 5.74) is 0.867. The Morgan fingerprint density at radius 3 is 2.75 bits per heavy atom. The normalized spacial score (nSPS) is 18.5. The fourth-order valence-electron chi connectivity index (χ4n) is 2.21. The molecule has 4 heteroatoms. The van der Waals surface area contributed by atoms with Crippen LogP contribution >= 0.6 is 0 Å². The van der Waals surface area contributed by atoms with E-state index in [1.807, 2.05) is 18.2 Å². The van der Waals surface area contributed by atoms with Crippen molar-refractivity contribution in [2.24, 2.45) is 0 Å². The van der Waals surface area contributed by atoms with E-state index in [1.165, 1.54) is 0 Å². The first kappa shape index (κ1) is 11.1. The lowest BCUT2D eigenvalue weighted by Crippen LogP contribution is -2.28. The van der Waals surface area contributed by atoms with Gasteiger partial charge in [-0.1, -0.05) is 6.07 Å². The molecule has 1 aromatic rings. The van der Waals surface area contributed by atoms with E-state index < -0.39 is 5.97 Å². The quantitative estimate of drug-likeness (QED) is 0.839. The third-order valence-electron chi connectivity index (χ3n) is 2.98. The van der Waals surface area contributed by atoms with Crippen LogP contribution in [0.15, 0.2) is 24.4 Å². The first-order chi connectivity index (χ1) is 7.77. The second kappa shape index (κ2) is 5.07. The molecule has 2 rings (SSSR count). The van der Waals surface area contributed by atoms with E-state index in [4.69, 9.17) is 5.11 Å². The molecule has 0 aliphatic carbocycles. The van der Waals surface area contributed by atoms with Gasteiger partial charge in [-0.2, -0.15) is 0 Å². The second-order valence-corrected chi connectivity index (χ2v) is 4.11. The molecule has 0 aromatic carbocycles. The van der Waals surface area contributed by atoms with E-state index in [2.05, 4.69) is 9.88 Å². The van der Waals surface area contributed by atoms with E-state index in [9.17, 15) is 4.79 Å². The van der Waals surface area contributed by atoms with Crippen molar-refractivity contribution in [2.45, 2.75) is 25.3 Å². The summed E-state index contributed by atoms with van der Waals surface area (Å²) in [4.78, 5) is 17.4. The standard InChI is InChI=1S/C12H16N2O2/c15-12(16)9-11(14-7-3-4-8-14)10-5-1-2-6-13-10/h1-2,5-6,11H,3-4,7-9H2,(H,15,16). The van der Waals surface area contributed by atoms with Gasteiger partial charge in [0, 0.05) is 6.20 Å². The number of nitrogens with zero attached hydrogens (tertiary/aromatic N) is 2. The van der Waals surface area contributed by atoms with Crippen LogP contribution in [-0.4, -0.2) is 34.0 Å². The molecular formula is C12H16N2O2. The molecule has 0 saturated carbocycles. The largest absolute Gasteiger partial charge is 0.481 e. The van der Waals surface area contributed by atoms with Gasteiger partial charge in [0.25, 0.3) is 0 Å². The molecule has 1 unspecified atom stereocenters. The van der Waals surface area contributed by atoms with Gasteiger partial charge in [0.2, 0.25) is 0 Å². The zero-order valence-electron chi connectivity index (χ0n) is 9.17. The summed E-state index contributed by atoms with van der Waals surface area (Å²) in [5, 5.41) is 8.95. The van der Waals surface area contributed by atoms with Crippen molar-refractivity contribution in [1.82, 2.24) is 9.88 Å². The fraction of sp³-hybridized carbons (Fsp3) is 0.500. The maximum absolute atomic E-state index is 10.9. The van der Waals surface area contributed by atoms with Gasteiger partial charge in [-0.3, -0.25) is 14.7 Å². The second-order valence-electron chi connectivity index (χ2n) is 4.11. The number of aromatic nitrogens is 1. The number of likely N-dealkylation sites (tertiary alicyclic amines) is 1. The molecule has 1 aliphatic heterocycles. The van der Waals surface area contributed by atoms with Crippen LogP contribution in [0.1, 0.15) is 31.0 Å². The van der Waals surface area contributed by atoms with Gasteiger partial charge in [-0.15, -0.1) is 0 Å². The van der Waals surface area contributed by atoms with Crippen molar-refractivity contribution >= 4 is 5.97 Å². The molecule has 2 heterocycles. The van der Waals surface area contributed by atoms with Gasteiger partial charge < -0.3 is 5.11 Å². The van der Waals surface area contributed by atoms with Crippen molar-refractivity contribution in [1.29, 1.82) is 0 Å². The molecule has 1 aliphatic rings. The van der Waals surface area contributed by atoms with Crippen LogP contribution in [0, 0.1) is 0 Å². The molecule has 0 spiro atoms. The summed E-state index contributed by atoms with van der Waals surface area (Å²) >= 11 is 0. The maximum Gasteiger partial charge on any atom is 0.305 e. The molecule has 0 radical (unpaired) electrons. The summed E-state index contributed by atoms with van der Waals surface area (Å²) in [6.45, 7) is 1.96. The SMILES string of the molecule is O=C(O)CC(c1ccccn1)N1CCCC1. The Hall–Kier alpha value is -1.42. The van der Waals surface area contributed by atoms with Crippen LogP contribution in [0.3, 0.4) is 0 Å². The predicted octanol–water partition coefficient (Wildman–Crippen LogP) is 1.69. The van der Waals surface area contributed by atoms with Crippen LogP contribution in [0.25, 0.3) is 0 Å². The minimum Gasteiger partial charge on any atom is -0.481 e. The van der Waals surface area contributed by atoms with Gasteiger partial charge in [0.15, 0.2) is 0 Å². The number of carboxylic acid groups (broad SMARTS) is 1. The summed E-state index contributed by atoms with van der Waals surface area (Å²) in [6.07, 6.45) is 4.17. The van der Waals surface area contributed by atoms with Crippen LogP contribution < -0.4 is 0 Å². The van der Waals surface area contributed by atoms with Crippen LogP contribution in [0.2, 0.25) is 0 Å². The van der Waals surface area contributed by atoms with E-state index in [0.29, 0.717) is 0 Å². The zero-order chi connectivity index (χ0) is 11.4. The number of carboxylic acids is 1. The lowest BCUT2D eigenvalue weighted by molar-refractivity contribution is -0.138. The highest BCUT2D eigenvalue weighted by Crippen LogP contribution is 2.26. The molecule has 1 N–H and O–H groups in total. The molecule has 1 fully saturated rings. The molecular weight excluding hydrogens is 204 g/mol. The Bertz CT molecular complexity index is 347. The molecule has 0 amide bonds. The molecule has 4 nitrogen and oxygen atoms in total. The Kier molecular flexibility index (Phi) is 3.51. The first-order valence-electron chi connectivity index (χ1n) is 5.64. The minimum absolute atomic E-state index is 0.0683. The van der Waals surface area contributed by atoms with Crippen LogP contribution in [0.5, 0.6) is 0 Å². The Morgan fingerprint density at radius 1 is 1.44 bits per heavy atom. The van der Waals surface area contributed by atoms with Crippen LogP contribution in [-0.2, 0) is 4.79 Å². The Labute approximate surface area is 94.9 Å². The topological polar surface area (TPSA) is 53.4 Å². The molecule has 1 saturated heterocycles. The summed E-state index contributed by atoms with van der Waals surface area (Å²) < 4.78 is 0. The van der Waals surface area contributed by atoms with Gasteiger partial charge in [-0.25, -0.2) is 0 Å². The van der Waals surface area contributed by atoms with Gasteiger partial charge in [0.1, 0.15) is 0 Å². The van der Waals surface area contributed by atoms with Gasteiger partial charge >= 0.3 is 5.97 Å². The van der Waals surface area contributed by atoms with E-state index >= 15 is 0 Å². The number of rotatable bonds is 4. The monoisotopic (exact) mass is 220 g/mol. The van der Waals surface area contributed by atoms with Crippen molar-refractivity contribution in [3.8, 4) is 0 Å². The lowest BCUT2D eigenvalue weighted by Gasteiger charge is -2.25. The molecule has 86 valence electrons. The Balaban J connectivity index is 2.16. The smallest absolute Gasteiger partial charge is 0.305 e. The summed E-state index contributed by atoms with van der Waals surface area (Å²) in [6, 6.07) is 5.60. The average molecular weight is 220 g/mol. The minimum atomic E-state index is -0.762. The Morgan fingerprint density at radius 2 is 2.19 bits per heavy atom. The molecule has 16 heavy (non-hydrogen) atoms. The number of hydrogen-bond acceptors (Lipinski definition) is 3. The highest BCUT2D eigenvalue weighted by molar-refractivity contribution is 5.67. The lowest BCUT2D eigenvalue weighted by atomic mass is 10.1. The van der Waals surface area contributed by atoms with Crippen molar-refractivity contribution in [3.63, 3.8) is 0 Å². The van der Waals surface area contributed by atoms with Crippen molar-refractivity contribution in [2.75, 3.05) is 13.1 Å². The van der Waals surface area contributed by atoms with Gasteiger partial charge in [-0.05, 0) is 38.1 Å². The number of hydrogen-bond donors (Lipinski definition) is 1. The van der Waals surface area contributed by atoms with E-state index in [0.717, 1.165) is 31.6 Å². The van der Waals surface area contributed by atoms with Crippen molar-refractivity contribution in [3.05, 3.63) is 30.1 Å². The van der Waals surface area contributed by atoms with Gasteiger partial charge in [0.05, 0.1) is 18.2 Å². The fourth-order valence-corrected chi connectivity index (χ4v) is 2.21. The summed E-state index contributed by atoms with van der Waals surface area (Å²) in [7, 11) is 0. The molecule has 1 aromatic heterocycles.